The monoisotopic (exact) mass is 404 g/mol. The summed E-state index contributed by atoms with van der Waals surface area (Å²) in [5.41, 5.74) is 1.57. The van der Waals surface area contributed by atoms with E-state index in [4.69, 9.17) is 23.8 Å². The van der Waals surface area contributed by atoms with Gasteiger partial charge in [0.15, 0.2) is 5.11 Å². The summed E-state index contributed by atoms with van der Waals surface area (Å²) in [4.78, 5) is 25.0. The van der Waals surface area contributed by atoms with Crippen molar-refractivity contribution in [1.82, 2.24) is 5.32 Å². The third-order valence-electron chi connectivity index (χ3n) is 4.23. The van der Waals surface area contributed by atoms with Crippen molar-refractivity contribution in [2.45, 2.75) is 12.8 Å². The number of anilines is 2. The molecule has 1 aliphatic heterocycles. The normalized spacial score (nSPS) is 13.3. The smallest absolute Gasteiger partial charge is 0.270 e. The number of nitro groups is 1. The van der Waals surface area contributed by atoms with E-state index in [-0.39, 0.29) is 21.4 Å². The Balaban J connectivity index is 1.72. The largest absolute Gasteiger partial charge is 0.370 e. The van der Waals surface area contributed by atoms with Gasteiger partial charge in [0.1, 0.15) is 0 Å². The molecule has 1 aliphatic rings. The quantitative estimate of drug-likeness (QED) is 0.455. The molecule has 1 saturated heterocycles. The first-order valence-corrected chi connectivity index (χ1v) is 9.14. The molecule has 1 heterocycles. The van der Waals surface area contributed by atoms with Crippen LogP contribution in [0.2, 0.25) is 5.02 Å². The van der Waals surface area contributed by atoms with E-state index in [1.807, 2.05) is 24.3 Å². The fraction of sp³-hybridized carbons (Fsp3) is 0.222. The first-order valence-electron chi connectivity index (χ1n) is 8.36. The molecule has 0 radical (unpaired) electrons. The number of halogens is 1. The topological polar surface area (TPSA) is 87.5 Å². The summed E-state index contributed by atoms with van der Waals surface area (Å²) in [5, 5.41) is 16.7. The molecule has 1 amide bonds. The Kier molecular flexibility index (Phi) is 5.88. The summed E-state index contributed by atoms with van der Waals surface area (Å²) >= 11 is 11.2. The molecule has 0 bridgehead atoms. The van der Waals surface area contributed by atoms with Gasteiger partial charge >= 0.3 is 0 Å². The van der Waals surface area contributed by atoms with Gasteiger partial charge in [0, 0.05) is 25.2 Å². The Morgan fingerprint density at radius 1 is 1.19 bits per heavy atom. The van der Waals surface area contributed by atoms with Gasteiger partial charge in [0.2, 0.25) is 0 Å². The van der Waals surface area contributed by atoms with Crippen molar-refractivity contribution in [3.63, 3.8) is 0 Å². The van der Waals surface area contributed by atoms with Crippen molar-refractivity contribution in [1.29, 1.82) is 0 Å². The summed E-state index contributed by atoms with van der Waals surface area (Å²) in [5.74, 6) is -0.611. The van der Waals surface area contributed by atoms with E-state index in [0.717, 1.165) is 43.4 Å². The molecule has 0 saturated carbocycles. The molecule has 7 nitrogen and oxygen atoms in total. The van der Waals surface area contributed by atoms with Crippen LogP contribution in [-0.4, -0.2) is 29.0 Å². The van der Waals surface area contributed by atoms with Gasteiger partial charge in [-0.05, 0) is 43.3 Å². The van der Waals surface area contributed by atoms with Crippen LogP contribution in [0.15, 0.2) is 42.5 Å². The molecule has 9 heteroatoms. The predicted molar refractivity (Wildman–Crippen MR) is 110 cm³/mol. The molecule has 0 atom stereocenters. The summed E-state index contributed by atoms with van der Waals surface area (Å²) in [6.07, 6.45) is 2.28. The van der Waals surface area contributed by atoms with E-state index >= 15 is 0 Å². The molecule has 3 rings (SSSR count). The minimum atomic E-state index is -0.611. The highest BCUT2D eigenvalue weighted by Gasteiger charge is 2.19. The zero-order valence-electron chi connectivity index (χ0n) is 14.3. The molecule has 27 heavy (non-hydrogen) atoms. The number of hydrogen-bond acceptors (Lipinski definition) is 5. The van der Waals surface area contributed by atoms with Crippen LogP contribution in [0.25, 0.3) is 0 Å². The van der Waals surface area contributed by atoms with E-state index in [9.17, 15) is 14.9 Å². The Bertz CT molecular complexity index is 900. The van der Waals surface area contributed by atoms with E-state index in [2.05, 4.69) is 15.5 Å². The van der Waals surface area contributed by atoms with Gasteiger partial charge in [-0.15, -0.1) is 0 Å². The summed E-state index contributed by atoms with van der Waals surface area (Å²) in [7, 11) is 0. The average molecular weight is 405 g/mol. The van der Waals surface area contributed by atoms with Crippen LogP contribution in [0.4, 0.5) is 17.1 Å². The number of thiocarbonyl (C=S) groups is 1. The molecular formula is C18H17ClN4O3S. The standard InChI is InChI=1S/C18H17ClN4O3S/c19-14-8-7-12(23(25)26)11-13(14)17(24)21-18(27)20-15-5-1-2-6-16(15)22-9-3-4-10-22/h1-2,5-8,11H,3-4,9-10H2,(H2,20,21,24,27). The minimum Gasteiger partial charge on any atom is -0.370 e. The minimum absolute atomic E-state index is 0.0113. The number of nitro benzene ring substituents is 1. The van der Waals surface area contributed by atoms with E-state index < -0.39 is 10.8 Å². The highest BCUT2D eigenvalue weighted by molar-refractivity contribution is 7.80. The fourth-order valence-electron chi connectivity index (χ4n) is 2.94. The number of non-ortho nitro benzene ring substituents is 1. The third-order valence-corrected chi connectivity index (χ3v) is 4.77. The molecule has 140 valence electrons. The van der Waals surface area contributed by atoms with Crippen LogP contribution in [0.3, 0.4) is 0 Å². The maximum absolute atomic E-state index is 12.4. The lowest BCUT2D eigenvalue weighted by molar-refractivity contribution is -0.384. The maximum atomic E-state index is 12.4. The van der Waals surface area contributed by atoms with Gasteiger partial charge in [-0.3, -0.25) is 20.2 Å². The molecule has 2 aromatic carbocycles. The lowest BCUT2D eigenvalue weighted by atomic mass is 10.2. The number of carbonyl (C=O) groups excluding carboxylic acids is 1. The van der Waals surface area contributed by atoms with Crippen LogP contribution in [0.1, 0.15) is 23.2 Å². The number of amides is 1. The lowest BCUT2D eigenvalue weighted by Crippen LogP contribution is -2.34. The number of nitrogens with zero attached hydrogens (tertiary/aromatic N) is 2. The van der Waals surface area contributed by atoms with Crippen LogP contribution in [-0.2, 0) is 0 Å². The molecule has 2 N–H and O–H groups in total. The lowest BCUT2D eigenvalue weighted by Gasteiger charge is -2.22. The van der Waals surface area contributed by atoms with Crippen LogP contribution >= 0.6 is 23.8 Å². The van der Waals surface area contributed by atoms with Gasteiger partial charge < -0.3 is 10.2 Å². The summed E-state index contributed by atoms with van der Waals surface area (Å²) in [6.45, 7) is 1.95. The Hall–Kier alpha value is -2.71. The molecule has 0 aliphatic carbocycles. The van der Waals surface area contributed by atoms with Crippen molar-refractivity contribution in [2.24, 2.45) is 0 Å². The molecule has 1 fully saturated rings. The van der Waals surface area contributed by atoms with Crippen LogP contribution in [0.5, 0.6) is 0 Å². The molecule has 0 spiro atoms. The Morgan fingerprint density at radius 3 is 2.59 bits per heavy atom. The Morgan fingerprint density at radius 2 is 1.89 bits per heavy atom. The third kappa shape index (κ3) is 4.53. The molecule has 0 unspecified atom stereocenters. The van der Waals surface area contributed by atoms with Crippen molar-refractivity contribution in [2.75, 3.05) is 23.3 Å². The number of hydrogen-bond donors (Lipinski definition) is 2. The van der Waals surface area contributed by atoms with Gasteiger partial charge in [-0.1, -0.05) is 23.7 Å². The number of benzene rings is 2. The van der Waals surface area contributed by atoms with Gasteiger partial charge in [-0.2, -0.15) is 0 Å². The summed E-state index contributed by atoms with van der Waals surface area (Å²) in [6, 6.07) is 11.4. The molecule has 2 aromatic rings. The average Bonchev–Trinajstić information content (AvgIpc) is 3.16. The first kappa shape index (κ1) is 19.1. The maximum Gasteiger partial charge on any atom is 0.270 e. The van der Waals surface area contributed by atoms with E-state index in [1.165, 1.54) is 12.1 Å². The fourth-order valence-corrected chi connectivity index (χ4v) is 3.34. The van der Waals surface area contributed by atoms with Gasteiger partial charge in [0.25, 0.3) is 11.6 Å². The van der Waals surface area contributed by atoms with Crippen LogP contribution < -0.4 is 15.5 Å². The molecular weight excluding hydrogens is 388 g/mol. The summed E-state index contributed by atoms with van der Waals surface area (Å²) < 4.78 is 0. The first-order chi connectivity index (χ1) is 13.0. The number of rotatable bonds is 4. The predicted octanol–water partition coefficient (Wildman–Crippen LogP) is 3.98. The number of nitrogens with one attached hydrogen (secondary N) is 2. The van der Waals surface area contributed by atoms with E-state index in [1.54, 1.807) is 0 Å². The van der Waals surface area contributed by atoms with Crippen molar-refractivity contribution < 1.29 is 9.72 Å². The SMILES string of the molecule is O=C(NC(=S)Nc1ccccc1N1CCCC1)c1cc([N+](=O)[O-])ccc1Cl. The van der Waals surface area contributed by atoms with Crippen molar-refractivity contribution >= 4 is 51.9 Å². The highest BCUT2D eigenvalue weighted by atomic mass is 35.5. The second kappa shape index (κ2) is 8.32. The highest BCUT2D eigenvalue weighted by Crippen LogP contribution is 2.28. The number of para-hydroxylation sites is 2. The second-order valence-electron chi connectivity index (χ2n) is 6.04. The molecule has 0 aromatic heterocycles. The van der Waals surface area contributed by atoms with E-state index in [0.29, 0.717) is 0 Å². The van der Waals surface area contributed by atoms with Crippen molar-refractivity contribution in [3.05, 3.63) is 63.2 Å². The Labute approximate surface area is 166 Å². The van der Waals surface area contributed by atoms with Gasteiger partial charge in [0.05, 0.1) is 26.9 Å². The van der Waals surface area contributed by atoms with Gasteiger partial charge in [-0.25, -0.2) is 0 Å². The zero-order valence-corrected chi connectivity index (χ0v) is 15.8. The zero-order chi connectivity index (χ0) is 19.4. The second-order valence-corrected chi connectivity index (χ2v) is 6.86. The van der Waals surface area contributed by atoms with Crippen LogP contribution in [0, 0.1) is 10.1 Å². The number of carbonyl (C=O) groups is 1. The van der Waals surface area contributed by atoms with Crippen molar-refractivity contribution in [3.8, 4) is 0 Å².